The predicted molar refractivity (Wildman–Crippen MR) is 78.5 cm³/mol. The first-order valence-electron chi connectivity index (χ1n) is 6.90. The van der Waals surface area contributed by atoms with E-state index >= 15 is 0 Å². The summed E-state index contributed by atoms with van der Waals surface area (Å²) in [6.45, 7) is 8.81. The molecule has 5 heteroatoms. The Bertz CT molecular complexity index is 502. The van der Waals surface area contributed by atoms with Gasteiger partial charge in [0.2, 0.25) is 0 Å². The van der Waals surface area contributed by atoms with E-state index in [2.05, 4.69) is 48.5 Å². The zero-order valence-corrected chi connectivity index (χ0v) is 12.6. The average Bonchev–Trinajstić information content (AvgIpc) is 2.33. The number of amides is 1. The number of carbonyl (C=O) groups is 1. The number of rotatable bonds is 2. The Labute approximate surface area is 119 Å². The second-order valence-electron chi connectivity index (χ2n) is 6.83. The van der Waals surface area contributed by atoms with Gasteiger partial charge < -0.3 is 5.32 Å². The van der Waals surface area contributed by atoms with Gasteiger partial charge in [-0.15, -0.1) is 0 Å². The van der Waals surface area contributed by atoms with Crippen LogP contribution in [-0.2, 0) is 0 Å². The lowest BCUT2D eigenvalue weighted by molar-refractivity contribution is -0.780. The number of hydrogen-bond donors (Lipinski definition) is 2. The molecule has 0 aliphatic carbocycles. The van der Waals surface area contributed by atoms with E-state index in [1.165, 1.54) is 0 Å². The van der Waals surface area contributed by atoms with E-state index in [4.69, 9.17) is 0 Å². The molecule has 1 aromatic heterocycles. The van der Waals surface area contributed by atoms with Crippen LogP contribution < -0.4 is 10.7 Å². The molecule has 0 spiro atoms. The highest BCUT2D eigenvalue weighted by molar-refractivity contribution is 5.95. The molecule has 0 bridgehead atoms. The predicted octanol–water partition coefficient (Wildman–Crippen LogP) is 1.08. The number of piperidine rings is 1. The summed E-state index contributed by atoms with van der Waals surface area (Å²) in [7, 11) is 0. The van der Waals surface area contributed by atoms with E-state index in [1.54, 1.807) is 24.5 Å². The molecule has 1 saturated heterocycles. The van der Waals surface area contributed by atoms with Gasteiger partial charge in [0, 0.05) is 30.8 Å². The van der Waals surface area contributed by atoms with Crippen molar-refractivity contribution in [2.45, 2.75) is 51.6 Å². The van der Waals surface area contributed by atoms with E-state index in [1.807, 2.05) is 0 Å². The molecule has 2 rings (SSSR count). The molecular weight excluding hydrogens is 252 g/mol. The van der Waals surface area contributed by atoms with Crippen molar-refractivity contribution in [1.82, 2.24) is 10.4 Å². The Morgan fingerprint density at radius 1 is 1.20 bits per heavy atom. The first kappa shape index (κ1) is 14.7. The molecular formula is C15H23N4O+. The Balaban J connectivity index is 2.06. The molecule has 1 amide bonds. The fourth-order valence-corrected chi connectivity index (χ4v) is 3.05. The number of nitrogens with zero attached hydrogens (tertiary/aromatic N) is 2. The second-order valence-corrected chi connectivity index (χ2v) is 6.83. The fraction of sp³-hybridized carbons (Fsp3) is 0.533. The van der Waals surface area contributed by atoms with Crippen molar-refractivity contribution in [3.8, 4) is 0 Å². The smallest absolute Gasteiger partial charge is 0.271 e. The summed E-state index contributed by atoms with van der Waals surface area (Å²) in [5.41, 5.74) is 4.50. The third-order valence-electron chi connectivity index (χ3n) is 3.36. The van der Waals surface area contributed by atoms with Gasteiger partial charge in [0.25, 0.3) is 5.91 Å². The lowest BCUT2D eigenvalue weighted by Gasteiger charge is -2.39. The van der Waals surface area contributed by atoms with Crippen LogP contribution in [0, 0.1) is 0 Å². The van der Waals surface area contributed by atoms with Crippen LogP contribution in [0.3, 0.4) is 0 Å². The largest absolute Gasteiger partial charge is 0.337 e. The van der Waals surface area contributed by atoms with E-state index in [0.29, 0.717) is 5.56 Å². The van der Waals surface area contributed by atoms with Crippen LogP contribution in [0.15, 0.2) is 29.6 Å². The number of nitrogens with one attached hydrogen (secondary N) is 1. The van der Waals surface area contributed by atoms with Gasteiger partial charge >= 0.3 is 0 Å². The van der Waals surface area contributed by atoms with Gasteiger partial charge in [-0.2, -0.15) is 5.10 Å². The molecule has 5 nitrogen and oxygen atoms in total. The molecule has 0 radical (unpaired) electrons. The summed E-state index contributed by atoms with van der Waals surface area (Å²) >= 11 is 0. The first-order chi connectivity index (χ1) is 9.27. The molecule has 1 fully saturated rings. The van der Waals surface area contributed by atoms with Crippen molar-refractivity contribution in [3.05, 3.63) is 30.1 Å². The number of nitrogens with two attached hydrogens (primary N) is 1. The molecule has 108 valence electrons. The van der Waals surface area contributed by atoms with Gasteiger partial charge in [0.15, 0.2) is 0 Å². The van der Waals surface area contributed by atoms with E-state index in [9.17, 15) is 4.79 Å². The van der Waals surface area contributed by atoms with Crippen molar-refractivity contribution in [1.29, 1.82) is 0 Å². The Hall–Kier alpha value is -1.75. The quantitative estimate of drug-likeness (QED) is 0.793. The highest BCUT2D eigenvalue weighted by atomic mass is 16.2. The van der Waals surface area contributed by atoms with Crippen molar-refractivity contribution >= 4 is 11.6 Å². The molecule has 20 heavy (non-hydrogen) atoms. The van der Waals surface area contributed by atoms with Crippen molar-refractivity contribution < 1.29 is 10.1 Å². The van der Waals surface area contributed by atoms with Crippen molar-refractivity contribution in [2.24, 2.45) is 5.10 Å². The van der Waals surface area contributed by atoms with Crippen LogP contribution in [0.2, 0.25) is 0 Å². The number of pyridine rings is 1. The van der Waals surface area contributed by atoms with Gasteiger partial charge in [-0.3, -0.25) is 9.78 Å². The summed E-state index contributed by atoms with van der Waals surface area (Å²) < 4.78 is 0. The van der Waals surface area contributed by atoms with Gasteiger partial charge in [-0.05, 0) is 39.8 Å². The number of aromatic nitrogens is 1. The maximum absolute atomic E-state index is 12.0. The van der Waals surface area contributed by atoms with E-state index < -0.39 is 0 Å². The first-order valence-corrected chi connectivity index (χ1v) is 6.90. The SMILES string of the molecule is CC1(C)CC(=NNC(=O)c2ccncc2)CC(C)(C)[NH2+]1. The van der Waals surface area contributed by atoms with Crippen LogP contribution in [0.4, 0.5) is 0 Å². The topological polar surface area (TPSA) is 71.0 Å². The van der Waals surface area contributed by atoms with Crippen LogP contribution in [0.5, 0.6) is 0 Å². The van der Waals surface area contributed by atoms with E-state index in [-0.39, 0.29) is 17.0 Å². The Morgan fingerprint density at radius 3 is 2.30 bits per heavy atom. The molecule has 1 aromatic rings. The minimum Gasteiger partial charge on any atom is -0.337 e. The second kappa shape index (κ2) is 5.32. The van der Waals surface area contributed by atoms with Gasteiger partial charge in [0.05, 0.1) is 16.8 Å². The molecule has 1 aliphatic heterocycles. The highest BCUT2D eigenvalue weighted by Crippen LogP contribution is 2.19. The highest BCUT2D eigenvalue weighted by Gasteiger charge is 2.39. The number of carbonyl (C=O) groups excluding carboxylic acids is 1. The number of hydrogen-bond acceptors (Lipinski definition) is 3. The third kappa shape index (κ3) is 3.87. The van der Waals surface area contributed by atoms with Gasteiger partial charge in [-0.25, -0.2) is 5.43 Å². The fourth-order valence-electron chi connectivity index (χ4n) is 3.05. The standard InChI is InChI=1S/C15H22N4O/c1-14(2)9-12(10-15(3,4)19-14)17-18-13(20)11-5-7-16-8-6-11/h5-8,19H,9-10H2,1-4H3,(H,18,20)/p+1. The minimum absolute atomic E-state index is 0.113. The van der Waals surface area contributed by atoms with Crippen molar-refractivity contribution in [3.63, 3.8) is 0 Å². The average molecular weight is 275 g/mol. The summed E-state index contributed by atoms with van der Waals surface area (Å²) in [5, 5.41) is 6.71. The molecule has 1 aliphatic rings. The summed E-state index contributed by atoms with van der Waals surface area (Å²) in [6.07, 6.45) is 4.97. The van der Waals surface area contributed by atoms with Gasteiger partial charge in [0.1, 0.15) is 0 Å². The molecule has 2 heterocycles. The molecule has 0 atom stereocenters. The maximum Gasteiger partial charge on any atom is 0.271 e. The minimum atomic E-state index is -0.190. The third-order valence-corrected chi connectivity index (χ3v) is 3.36. The summed E-state index contributed by atoms with van der Waals surface area (Å²) in [5.74, 6) is -0.190. The monoisotopic (exact) mass is 275 g/mol. The van der Waals surface area contributed by atoms with E-state index in [0.717, 1.165) is 18.6 Å². The number of hydrazone groups is 1. The van der Waals surface area contributed by atoms with Crippen LogP contribution in [0.1, 0.15) is 50.9 Å². The summed E-state index contributed by atoms with van der Waals surface area (Å²) in [4.78, 5) is 15.9. The normalized spacial score (nSPS) is 20.3. The molecule has 0 saturated carbocycles. The summed E-state index contributed by atoms with van der Waals surface area (Å²) in [6, 6.07) is 3.36. The lowest BCUT2D eigenvalue weighted by atomic mass is 9.81. The zero-order chi connectivity index (χ0) is 14.8. The van der Waals surface area contributed by atoms with Gasteiger partial charge in [-0.1, -0.05) is 0 Å². The maximum atomic E-state index is 12.0. The lowest BCUT2D eigenvalue weighted by Crippen LogP contribution is -3.05. The van der Waals surface area contributed by atoms with Crippen LogP contribution in [-0.4, -0.2) is 27.7 Å². The zero-order valence-electron chi connectivity index (χ0n) is 12.6. The van der Waals surface area contributed by atoms with Crippen LogP contribution in [0.25, 0.3) is 0 Å². The molecule has 0 unspecified atom stereocenters. The molecule has 3 N–H and O–H groups in total. The van der Waals surface area contributed by atoms with Crippen LogP contribution >= 0.6 is 0 Å². The molecule has 0 aromatic carbocycles. The van der Waals surface area contributed by atoms with Crippen molar-refractivity contribution in [2.75, 3.05) is 0 Å². The number of quaternary nitrogens is 1. The Morgan fingerprint density at radius 2 is 1.75 bits per heavy atom. The Kier molecular flexibility index (Phi) is 3.90.